The number of halogens is 2. The predicted octanol–water partition coefficient (Wildman–Crippen LogP) is 2.57. The van der Waals surface area contributed by atoms with E-state index >= 15 is 0 Å². The number of para-hydroxylation sites is 1. The number of carbonyl (C=O) groups excluding carboxylic acids is 1. The SMILES string of the molecule is O=C1CC2C(CC(O)C2C=CC(F)(F)COc2ccccc2)O1. The minimum atomic E-state index is -3.16. The molecule has 1 aromatic rings. The second-order valence-electron chi connectivity index (χ2n) is 6.00. The standard InChI is InChI=1S/C17H18F2O4/c18-17(19,10-22-11-4-2-1-3-5-11)7-6-12-13-8-16(21)23-15(13)9-14(12)20/h1-7,12-15,20H,8-10H2. The van der Waals surface area contributed by atoms with Crippen LogP contribution < -0.4 is 4.74 Å². The van der Waals surface area contributed by atoms with Crippen molar-refractivity contribution in [2.24, 2.45) is 11.8 Å². The third-order valence-corrected chi connectivity index (χ3v) is 4.31. The molecule has 1 aromatic carbocycles. The van der Waals surface area contributed by atoms with Crippen molar-refractivity contribution in [1.82, 2.24) is 0 Å². The third-order valence-electron chi connectivity index (χ3n) is 4.31. The van der Waals surface area contributed by atoms with E-state index in [0.29, 0.717) is 12.2 Å². The smallest absolute Gasteiger partial charge is 0.306 e. The van der Waals surface area contributed by atoms with Crippen molar-refractivity contribution in [3.05, 3.63) is 42.5 Å². The van der Waals surface area contributed by atoms with E-state index in [9.17, 15) is 18.7 Å². The Kier molecular flexibility index (Phi) is 4.35. The minimum Gasteiger partial charge on any atom is -0.487 e. The Bertz CT molecular complexity index is 588. The molecule has 0 aromatic heterocycles. The number of aliphatic hydroxyl groups is 1. The lowest BCUT2D eigenvalue weighted by Crippen LogP contribution is -2.25. The molecule has 1 saturated heterocycles. The summed E-state index contributed by atoms with van der Waals surface area (Å²) in [5.74, 6) is -3.83. The van der Waals surface area contributed by atoms with Crippen LogP contribution in [0.3, 0.4) is 0 Å². The van der Waals surface area contributed by atoms with E-state index in [4.69, 9.17) is 9.47 Å². The summed E-state index contributed by atoms with van der Waals surface area (Å²) in [5, 5.41) is 9.97. The van der Waals surface area contributed by atoms with Gasteiger partial charge in [-0.25, -0.2) is 0 Å². The number of aliphatic hydroxyl groups excluding tert-OH is 1. The maximum Gasteiger partial charge on any atom is 0.306 e. The summed E-state index contributed by atoms with van der Waals surface area (Å²) in [5.41, 5.74) is 0. The molecule has 1 saturated carbocycles. The molecule has 3 rings (SSSR count). The van der Waals surface area contributed by atoms with Gasteiger partial charge in [-0.05, 0) is 18.2 Å². The predicted molar refractivity (Wildman–Crippen MR) is 78.1 cm³/mol. The highest BCUT2D eigenvalue weighted by Gasteiger charge is 2.48. The second-order valence-corrected chi connectivity index (χ2v) is 6.00. The first-order valence-corrected chi connectivity index (χ1v) is 7.57. The highest BCUT2D eigenvalue weighted by molar-refractivity contribution is 5.72. The summed E-state index contributed by atoms with van der Waals surface area (Å²) in [6.45, 7) is -0.778. The Morgan fingerprint density at radius 3 is 2.83 bits per heavy atom. The molecule has 2 aliphatic rings. The van der Waals surface area contributed by atoms with E-state index < -0.39 is 24.6 Å². The average Bonchev–Trinajstić information content (AvgIpc) is 2.99. The number of hydrogen-bond donors (Lipinski definition) is 1. The Hall–Kier alpha value is -1.95. The minimum absolute atomic E-state index is 0.169. The molecular weight excluding hydrogens is 306 g/mol. The van der Waals surface area contributed by atoms with Crippen molar-refractivity contribution in [1.29, 1.82) is 0 Å². The van der Waals surface area contributed by atoms with Gasteiger partial charge < -0.3 is 14.6 Å². The molecule has 4 atom stereocenters. The molecule has 1 aliphatic carbocycles. The van der Waals surface area contributed by atoms with Gasteiger partial charge in [-0.2, -0.15) is 8.78 Å². The molecule has 2 fully saturated rings. The number of alkyl halides is 2. The maximum atomic E-state index is 13.9. The van der Waals surface area contributed by atoms with Crippen LogP contribution in [0.5, 0.6) is 5.75 Å². The first kappa shape index (κ1) is 15.9. The van der Waals surface area contributed by atoms with Gasteiger partial charge >= 0.3 is 5.97 Å². The largest absolute Gasteiger partial charge is 0.487 e. The van der Waals surface area contributed by atoms with Crippen LogP contribution in [0.1, 0.15) is 12.8 Å². The van der Waals surface area contributed by atoms with E-state index in [1.54, 1.807) is 30.3 Å². The molecule has 0 amide bonds. The van der Waals surface area contributed by atoms with Crippen molar-refractivity contribution < 1.29 is 28.2 Å². The van der Waals surface area contributed by atoms with Crippen LogP contribution in [0.4, 0.5) is 8.78 Å². The van der Waals surface area contributed by atoms with Crippen molar-refractivity contribution in [2.45, 2.75) is 31.0 Å². The lowest BCUT2D eigenvalue weighted by molar-refractivity contribution is -0.141. The highest BCUT2D eigenvalue weighted by atomic mass is 19.3. The van der Waals surface area contributed by atoms with Gasteiger partial charge in [0, 0.05) is 18.3 Å². The van der Waals surface area contributed by atoms with Crippen LogP contribution >= 0.6 is 0 Å². The van der Waals surface area contributed by atoms with Crippen molar-refractivity contribution in [2.75, 3.05) is 6.61 Å². The van der Waals surface area contributed by atoms with E-state index in [0.717, 1.165) is 6.08 Å². The van der Waals surface area contributed by atoms with Crippen LogP contribution in [0.2, 0.25) is 0 Å². The fraction of sp³-hybridized carbons (Fsp3) is 0.471. The number of hydrogen-bond acceptors (Lipinski definition) is 4. The van der Waals surface area contributed by atoms with Crippen LogP contribution in [0, 0.1) is 11.8 Å². The Morgan fingerprint density at radius 2 is 2.09 bits per heavy atom. The number of ether oxygens (including phenoxy) is 2. The van der Waals surface area contributed by atoms with Crippen LogP contribution in [0.15, 0.2) is 42.5 Å². The summed E-state index contributed by atoms with van der Waals surface area (Å²) >= 11 is 0. The van der Waals surface area contributed by atoms with Crippen molar-refractivity contribution >= 4 is 5.97 Å². The van der Waals surface area contributed by atoms with Crippen LogP contribution in [-0.4, -0.2) is 35.8 Å². The lowest BCUT2D eigenvalue weighted by atomic mass is 9.91. The number of benzene rings is 1. The first-order valence-electron chi connectivity index (χ1n) is 7.57. The monoisotopic (exact) mass is 324 g/mol. The van der Waals surface area contributed by atoms with Crippen LogP contribution in [-0.2, 0) is 9.53 Å². The van der Waals surface area contributed by atoms with Gasteiger partial charge in [-0.1, -0.05) is 24.3 Å². The third kappa shape index (κ3) is 3.69. The van der Waals surface area contributed by atoms with E-state index in [1.165, 1.54) is 6.08 Å². The molecule has 124 valence electrons. The van der Waals surface area contributed by atoms with E-state index in [2.05, 4.69) is 0 Å². The van der Waals surface area contributed by atoms with Crippen LogP contribution in [0.25, 0.3) is 0 Å². The number of carbonyl (C=O) groups is 1. The Balaban J connectivity index is 1.60. The molecule has 1 aliphatic heterocycles. The number of rotatable bonds is 5. The zero-order valence-corrected chi connectivity index (χ0v) is 12.4. The summed E-state index contributed by atoms with van der Waals surface area (Å²) < 4.78 is 38.0. The molecule has 0 bridgehead atoms. The Morgan fingerprint density at radius 1 is 1.35 bits per heavy atom. The molecule has 0 radical (unpaired) electrons. The quantitative estimate of drug-likeness (QED) is 0.668. The van der Waals surface area contributed by atoms with Gasteiger partial charge in [0.1, 0.15) is 11.9 Å². The summed E-state index contributed by atoms with van der Waals surface area (Å²) in [6, 6.07) is 8.39. The van der Waals surface area contributed by atoms with Gasteiger partial charge in [-0.15, -0.1) is 0 Å². The second kappa shape index (κ2) is 6.28. The first-order chi connectivity index (χ1) is 10.9. The van der Waals surface area contributed by atoms with Gasteiger partial charge in [0.05, 0.1) is 12.5 Å². The normalized spacial score (nSPS) is 30.5. The van der Waals surface area contributed by atoms with E-state index in [-0.39, 0.29) is 24.4 Å². The summed E-state index contributed by atoms with van der Waals surface area (Å²) in [6.07, 6.45) is 1.41. The van der Waals surface area contributed by atoms with Gasteiger partial charge in [0.2, 0.25) is 0 Å². The Labute approximate surface area is 132 Å². The zero-order chi connectivity index (χ0) is 16.4. The molecule has 4 nitrogen and oxygen atoms in total. The molecule has 4 unspecified atom stereocenters. The molecule has 0 spiro atoms. The van der Waals surface area contributed by atoms with Gasteiger partial charge in [0.25, 0.3) is 5.92 Å². The lowest BCUT2D eigenvalue weighted by Gasteiger charge is -2.17. The molecule has 23 heavy (non-hydrogen) atoms. The topological polar surface area (TPSA) is 55.8 Å². The van der Waals surface area contributed by atoms with Gasteiger partial charge in [-0.3, -0.25) is 4.79 Å². The van der Waals surface area contributed by atoms with Crippen molar-refractivity contribution in [3.63, 3.8) is 0 Å². The molecular formula is C17H18F2O4. The highest BCUT2D eigenvalue weighted by Crippen LogP contribution is 2.42. The zero-order valence-electron chi connectivity index (χ0n) is 12.4. The molecule has 6 heteroatoms. The summed E-state index contributed by atoms with van der Waals surface area (Å²) in [4.78, 5) is 11.3. The van der Waals surface area contributed by atoms with Gasteiger partial charge in [0.15, 0.2) is 6.61 Å². The van der Waals surface area contributed by atoms with E-state index in [1.807, 2.05) is 0 Å². The fourth-order valence-corrected chi connectivity index (χ4v) is 3.18. The summed E-state index contributed by atoms with van der Waals surface area (Å²) in [7, 11) is 0. The molecule has 1 heterocycles. The number of fused-ring (bicyclic) bond motifs is 1. The fourth-order valence-electron chi connectivity index (χ4n) is 3.18. The average molecular weight is 324 g/mol. The number of esters is 1. The molecule has 1 N–H and O–H groups in total. The van der Waals surface area contributed by atoms with Crippen molar-refractivity contribution in [3.8, 4) is 5.75 Å². The maximum absolute atomic E-state index is 13.9.